The Bertz CT molecular complexity index is 1370. The highest BCUT2D eigenvalue weighted by atomic mass is 35.5. The number of fused-ring (bicyclic) bond motifs is 1. The highest BCUT2D eigenvalue weighted by Crippen LogP contribution is 2.24. The highest BCUT2D eigenvalue weighted by Gasteiger charge is 2.18. The van der Waals surface area contributed by atoms with Gasteiger partial charge in [-0.3, -0.25) is 9.36 Å². The number of halogens is 1. The van der Waals surface area contributed by atoms with E-state index in [1.54, 1.807) is 27.6 Å². The molecule has 0 atom stereocenters. The second-order valence-electron chi connectivity index (χ2n) is 6.55. The summed E-state index contributed by atoms with van der Waals surface area (Å²) in [7, 11) is 0. The van der Waals surface area contributed by atoms with Crippen LogP contribution < -0.4 is 5.56 Å². The van der Waals surface area contributed by atoms with Gasteiger partial charge in [0.25, 0.3) is 5.56 Å². The van der Waals surface area contributed by atoms with Crippen LogP contribution in [0.25, 0.3) is 33.8 Å². The lowest BCUT2D eigenvalue weighted by Gasteiger charge is -2.13. The average Bonchev–Trinajstić information content (AvgIpc) is 3.19. The van der Waals surface area contributed by atoms with Gasteiger partial charge in [-0.2, -0.15) is 5.10 Å². The fraction of sp³-hybridized carbons (Fsp3) is 0. The summed E-state index contributed by atoms with van der Waals surface area (Å²) in [6, 6.07) is 26.5. The molecule has 2 aromatic heterocycles. The standard InChI is InChI=1S/C23H15ClN4O/c24-17-10-7-13-19(14-17)27-21(16-8-3-1-4-9-16)26-22-20(23(27)29)15-25-28(22)18-11-5-2-6-12-18/h1-15H. The van der Waals surface area contributed by atoms with Crippen LogP contribution in [0.1, 0.15) is 0 Å². The molecule has 3 aromatic carbocycles. The van der Waals surface area contributed by atoms with Crippen molar-refractivity contribution in [2.24, 2.45) is 0 Å². The summed E-state index contributed by atoms with van der Waals surface area (Å²) in [4.78, 5) is 18.4. The van der Waals surface area contributed by atoms with Crippen molar-refractivity contribution in [3.8, 4) is 22.8 Å². The number of nitrogens with zero attached hydrogens (tertiary/aromatic N) is 4. The van der Waals surface area contributed by atoms with E-state index in [9.17, 15) is 4.79 Å². The van der Waals surface area contributed by atoms with E-state index in [2.05, 4.69) is 5.10 Å². The lowest BCUT2D eigenvalue weighted by molar-refractivity contribution is 0.888. The van der Waals surface area contributed by atoms with E-state index in [0.29, 0.717) is 27.6 Å². The SMILES string of the molecule is O=c1c2cnn(-c3ccccc3)c2nc(-c2ccccc2)n1-c1cccc(Cl)c1. The van der Waals surface area contributed by atoms with Crippen LogP contribution in [-0.4, -0.2) is 19.3 Å². The molecule has 0 aliphatic rings. The molecule has 0 aliphatic heterocycles. The molecule has 0 aliphatic carbocycles. The highest BCUT2D eigenvalue weighted by molar-refractivity contribution is 6.30. The molecule has 0 radical (unpaired) electrons. The maximum atomic E-state index is 13.5. The maximum absolute atomic E-state index is 13.5. The van der Waals surface area contributed by atoms with Crippen molar-refractivity contribution >= 4 is 22.6 Å². The van der Waals surface area contributed by atoms with Crippen LogP contribution in [0.4, 0.5) is 0 Å². The summed E-state index contributed by atoms with van der Waals surface area (Å²) in [5.41, 5.74) is 2.64. The maximum Gasteiger partial charge on any atom is 0.269 e. The molecule has 2 heterocycles. The Balaban J connectivity index is 1.87. The van der Waals surface area contributed by atoms with Gasteiger partial charge in [0.2, 0.25) is 0 Å². The van der Waals surface area contributed by atoms with Gasteiger partial charge in [-0.15, -0.1) is 0 Å². The molecule has 5 nitrogen and oxygen atoms in total. The van der Waals surface area contributed by atoms with Crippen molar-refractivity contribution in [1.29, 1.82) is 0 Å². The molecule has 0 amide bonds. The van der Waals surface area contributed by atoms with E-state index >= 15 is 0 Å². The van der Waals surface area contributed by atoms with Gasteiger partial charge in [-0.25, -0.2) is 9.67 Å². The number of para-hydroxylation sites is 1. The van der Waals surface area contributed by atoms with Gasteiger partial charge in [0, 0.05) is 10.6 Å². The van der Waals surface area contributed by atoms with Crippen LogP contribution in [0, 0.1) is 0 Å². The van der Waals surface area contributed by atoms with Crippen molar-refractivity contribution in [3.05, 3.63) is 107 Å². The first kappa shape index (κ1) is 17.4. The number of benzene rings is 3. The molecule has 0 unspecified atom stereocenters. The van der Waals surface area contributed by atoms with Crippen LogP contribution in [0.3, 0.4) is 0 Å². The second kappa shape index (κ2) is 7.04. The molecule has 29 heavy (non-hydrogen) atoms. The summed E-state index contributed by atoms with van der Waals surface area (Å²) < 4.78 is 3.27. The molecule has 6 heteroatoms. The quantitative estimate of drug-likeness (QED) is 0.434. The molecule has 0 spiro atoms. The molecule has 140 valence electrons. The number of aromatic nitrogens is 4. The van der Waals surface area contributed by atoms with Crippen molar-refractivity contribution < 1.29 is 0 Å². The monoisotopic (exact) mass is 398 g/mol. The predicted molar refractivity (Wildman–Crippen MR) is 115 cm³/mol. The van der Waals surface area contributed by atoms with Gasteiger partial charge >= 0.3 is 0 Å². The van der Waals surface area contributed by atoms with Gasteiger partial charge < -0.3 is 0 Å². The van der Waals surface area contributed by atoms with E-state index in [1.807, 2.05) is 72.8 Å². The topological polar surface area (TPSA) is 52.7 Å². The summed E-state index contributed by atoms with van der Waals surface area (Å²) in [5.74, 6) is 0.531. The van der Waals surface area contributed by atoms with Gasteiger partial charge in [-0.05, 0) is 30.3 Å². The lowest BCUT2D eigenvalue weighted by Crippen LogP contribution is -2.22. The Morgan fingerprint density at radius 2 is 1.48 bits per heavy atom. The van der Waals surface area contributed by atoms with E-state index < -0.39 is 0 Å². The number of hydrogen-bond acceptors (Lipinski definition) is 3. The van der Waals surface area contributed by atoms with Crippen LogP contribution in [0.15, 0.2) is 95.9 Å². The first-order chi connectivity index (χ1) is 14.2. The Labute approximate surface area is 171 Å². The molecule has 0 N–H and O–H groups in total. The Morgan fingerprint density at radius 3 is 2.21 bits per heavy atom. The van der Waals surface area contributed by atoms with E-state index in [-0.39, 0.29) is 5.56 Å². The molecule has 0 bridgehead atoms. The summed E-state index contributed by atoms with van der Waals surface area (Å²) in [5, 5.41) is 5.42. The third-order valence-electron chi connectivity index (χ3n) is 4.70. The number of hydrogen-bond donors (Lipinski definition) is 0. The Morgan fingerprint density at radius 1 is 0.793 bits per heavy atom. The van der Waals surface area contributed by atoms with Crippen molar-refractivity contribution in [1.82, 2.24) is 19.3 Å². The van der Waals surface area contributed by atoms with E-state index in [4.69, 9.17) is 16.6 Å². The minimum absolute atomic E-state index is 0.196. The van der Waals surface area contributed by atoms with Crippen LogP contribution >= 0.6 is 11.6 Å². The van der Waals surface area contributed by atoms with Crippen molar-refractivity contribution in [3.63, 3.8) is 0 Å². The second-order valence-corrected chi connectivity index (χ2v) is 6.99. The van der Waals surface area contributed by atoms with Crippen LogP contribution in [-0.2, 0) is 0 Å². The zero-order valence-corrected chi connectivity index (χ0v) is 16.0. The number of rotatable bonds is 3. The van der Waals surface area contributed by atoms with Crippen molar-refractivity contribution in [2.45, 2.75) is 0 Å². The summed E-state index contributed by atoms with van der Waals surface area (Å²) in [6.07, 6.45) is 1.56. The van der Waals surface area contributed by atoms with Gasteiger partial charge in [-0.1, -0.05) is 66.2 Å². The molecule has 0 saturated carbocycles. The smallest absolute Gasteiger partial charge is 0.268 e. The van der Waals surface area contributed by atoms with E-state index in [1.165, 1.54) is 0 Å². The molecular weight excluding hydrogens is 384 g/mol. The first-order valence-electron chi connectivity index (χ1n) is 9.10. The first-order valence-corrected chi connectivity index (χ1v) is 9.48. The Hall–Kier alpha value is -3.70. The predicted octanol–water partition coefficient (Wildman–Crippen LogP) is 4.89. The third-order valence-corrected chi connectivity index (χ3v) is 4.94. The van der Waals surface area contributed by atoms with Crippen LogP contribution in [0.5, 0.6) is 0 Å². The third kappa shape index (κ3) is 3.02. The normalized spacial score (nSPS) is 11.1. The fourth-order valence-corrected chi connectivity index (χ4v) is 3.55. The largest absolute Gasteiger partial charge is 0.269 e. The molecule has 0 saturated heterocycles. The Kier molecular flexibility index (Phi) is 4.22. The molecule has 0 fully saturated rings. The van der Waals surface area contributed by atoms with E-state index in [0.717, 1.165) is 11.3 Å². The molecule has 5 aromatic rings. The van der Waals surface area contributed by atoms with Gasteiger partial charge in [0.15, 0.2) is 5.65 Å². The average molecular weight is 399 g/mol. The minimum Gasteiger partial charge on any atom is -0.268 e. The van der Waals surface area contributed by atoms with Crippen LogP contribution in [0.2, 0.25) is 5.02 Å². The molecule has 5 rings (SSSR count). The van der Waals surface area contributed by atoms with Gasteiger partial charge in [0.1, 0.15) is 11.2 Å². The minimum atomic E-state index is -0.196. The van der Waals surface area contributed by atoms with Crippen molar-refractivity contribution in [2.75, 3.05) is 0 Å². The molecular formula is C23H15ClN4O. The summed E-state index contributed by atoms with van der Waals surface area (Å²) in [6.45, 7) is 0. The lowest BCUT2D eigenvalue weighted by atomic mass is 10.2. The summed E-state index contributed by atoms with van der Waals surface area (Å²) >= 11 is 6.20. The fourth-order valence-electron chi connectivity index (χ4n) is 3.36. The van der Waals surface area contributed by atoms with Gasteiger partial charge in [0.05, 0.1) is 17.6 Å². The zero-order valence-electron chi connectivity index (χ0n) is 15.2. The zero-order chi connectivity index (χ0) is 19.8.